The Labute approximate surface area is 81.4 Å². The highest BCUT2D eigenvalue weighted by Gasteiger charge is 2.17. The largest absolute Gasteiger partial charge is 0.364 e. The van der Waals surface area contributed by atoms with Crippen LogP contribution in [0.15, 0.2) is 16.9 Å². The van der Waals surface area contributed by atoms with Gasteiger partial charge < -0.3 is 4.52 Å². The Morgan fingerprint density at radius 2 is 2.36 bits per heavy atom. The van der Waals surface area contributed by atoms with Gasteiger partial charge in [0.25, 0.3) is 5.91 Å². The zero-order valence-corrected chi connectivity index (χ0v) is 7.73. The molecule has 5 heteroatoms. The van der Waals surface area contributed by atoms with Crippen molar-refractivity contribution in [2.45, 2.75) is 31.8 Å². The maximum atomic E-state index is 11.3. The molecular weight excluding hydrogens is 184 g/mol. The van der Waals surface area contributed by atoms with Gasteiger partial charge in [0.2, 0.25) is 0 Å². The highest BCUT2D eigenvalue weighted by molar-refractivity contribution is 5.91. The molecule has 0 aromatic carbocycles. The zero-order chi connectivity index (χ0) is 9.80. The van der Waals surface area contributed by atoms with Crippen LogP contribution in [-0.2, 0) is 4.84 Å². The van der Waals surface area contributed by atoms with Crippen molar-refractivity contribution in [3.63, 3.8) is 0 Å². The van der Waals surface area contributed by atoms with Gasteiger partial charge in [-0.05, 0) is 12.8 Å². The molecule has 1 aromatic heterocycles. The van der Waals surface area contributed by atoms with Crippen molar-refractivity contribution in [2.24, 2.45) is 0 Å². The van der Waals surface area contributed by atoms with Gasteiger partial charge in [-0.2, -0.15) is 0 Å². The maximum Gasteiger partial charge on any atom is 0.297 e. The molecule has 0 radical (unpaired) electrons. The van der Waals surface area contributed by atoms with Crippen LogP contribution in [0.4, 0.5) is 0 Å². The number of hydrogen-bond donors (Lipinski definition) is 1. The second-order valence-electron chi connectivity index (χ2n) is 3.34. The minimum absolute atomic E-state index is 0.158. The number of amides is 1. The number of aromatic nitrogens is 1. The third kappa shape index (κ3) is 2.11. The average Bonchev–Trinajstić information content (AvgIpc) is 2.87. The molecule has 1 fully saturated rings. The third-order valence-corrected chi connectivity index (χ3v) is 2.29. The predicted octanol–water partition coefficient (Wildman–Crippen LogP) is 1.28. The maximum absolute atomic E-state index is 11.3. The van der Waals surface area contributed by atoms with Crippen LogP contribution in [-0.4, -0.2) is 17.2 Å². The number of nitrogens with one attached hydrogen (secondary N) is 1. The Hall–Kier alpha value is -1.36. The number of carbonyl (C=O) groups is 1. The normalized spacial score (nSPS) is 17.1. The fourth-order valence-electron chi connectivity index (χ4n) is 1.53. The van der Waals surface area contributed by atoms with Crippen LogP contribution in [0.1, 0.15) is 36.2 Å². The molecule has 14 heavy (non-hydrogen) atoms. The fraction of sp³-hybridized carbons (Fsp3) is 0.556. The Balaban J connectivity index is 1.78. The van der Waals surface area contributed by atoms with Crippen molar-refractivity contribution in [3.8, 4) is 0 Å². The van der Waals surface area contributed by atoms with E-state index in [-0.39, 0.29) is 17.7 Å². The van der Waals surface area contributed by atoms with E-state index >= 15 is 0 Å². The predicted molar refractivity (Wildman–Crippen MR) is 47.3 cm³/mol. The van der Waals surface area contributed by atoms with E-state index in [1.165, 1.54) is 25.2 Å². The summed E-state index contributed by atoms with van der Waals surface area (Å²) in [6.07, 6.45) is 5.88. The molecule has 1 aliphatic carbocycles. The van der Waals surface area contributed by atoms with E-state index in [0.29, 0.717) is 0 Å². The third-order valence-electron chi connectivity index (χ3n) is 2.29. The van der Waals surface area contributed by atoms with E-state index in [1.807, 2.05) is 0 Å². The van der Waals surface area contributed by atoms with E-state index in [1.54, 1.807) is 0 Å². The first-order valence-electron chi connectivity index (χ1n) is 4.72. The smallest absolute Gasteiger partial charge is 0.297 e. The second kappa shape index (κ2) is 4.23. The van der Waals surface area contributed by atoms with Crippen LogP contribution in [0.25, 0.3) is 0 Å². The summed E-state index contributed by atoms with van der Waals surface area (Å²) < 4.78 is 4.54. The summed E-state index contributed by atoms with van der Waals surface area (Å²) in [6.45, 7) is 0. The Kier molecular flexibility index (Phi) is 2.78. The first kappa shape index (κ1) is 9.21. The zero-order valence-electron chi connectivity index (χ0n) is 7.73. The van der Waals surface area contributed by atoms with Crippen LogP contribution in [0, 0.1) is 0 Å². The van der Waals surface area contributed by atoms with Crippen molar-refractivity contribution < 1.29 is 14.2 Å². The van der Waals surface area contributed by atoms with E-state index in [9.17, 15) is 4.79 Å². The SMILES string of the molecule is O=C(NOC1CCCC1)c1ccon1. The van der Waals surface area contributed by atoms with Gasteiger partial charge in [-0.1, -0.05) is 18.0 Å². The minimum Gasteiger partial charge on any atom is -0.364 e. The molecule has 5 nitrogen and oxygen atoms in total. The molecule has 1 saturated carbocycles. The number of hydrogen-bond acceptors (Lipinski definition) is 4. The molecule has 76 valence electrons. The van der Waals surface area contributed by atoms with Gasteiger partial charge in [-0.3, -0.25) is 9.63 Å². The van der Waals surface area contributed by atoms with Crippen LogP contribution in [0.5, 0.6) is 0 Å². The quantitative estimate of drug-likeness (QED) is 0.739. The second-order valence-corrected chi connectivity index (χ2v) is 3.34. The van der Waals surface area contributed by atoms with E-state index in [2.05, 4.69) is 15.2 Å². The van der Waals surface area contributed by atoms with Gasteiger partial charge in [0.05, 0.1) is 6.10 Å². The van der Waals surface area contributed by atoms with E-state index in [4.69, 9.17) is 4.84 Å². The van der Waals surface area contributed by atoms with Crippen molar-refractivity contribution >= 4 is 5.91 Å². The topological polar surface area (TPSA) is 64.4 Å². The molecule has 1 aromatic rings. The Morgan fingerprint density at radius 1 is 1.57 bits per heavy atom. The number of rotatable bonds is 3. The highest BCUT2D eigenvalue weighted by atomic mass is 16.7. The van der Waals surface area contributed by atoms with E-state index < -0.39 is 0 Å². The van der Waals surface area contributed by atoms with Gasteiger partial charge in [0, 0.05) is 6.07 Å². The summed E-state index contributed by atoms with van der Waals surface area (Å²) in [6, 6.07) is 1.49. The average molecular weight is 196 g/mol. The number of nitrogens with zero attached hydrogens (tertiary/aromatic N) is 1. The van der Waals surface area contributed by atoms with Gasteiger partial charge >= 0.3 is 0 Å². The summed E-state index contributed by atoms with van der Waals surface area (Å²) in [5.41, 5.74) is 2.60. The number of hydroxylamine groups is 1. The van der Waals surface area contributed by atoms with Crippen molar-refractivity contribution in [3.05, 3.63) is 18.0 Å². The molecule has 1 N–H and O–H groups in total. The lowest BCUT2D eigenvalue weighted by atomic mass is 10.3. The lowest BCUT2D eigenvalue weighted by molar-refractivity contribution is -0.0129. The van der Waals surface area contributed by atoms with Gasteiger partial charge in [-0.25, -0.2) is 5.48 Å². The van der Waals surface area contributed by atoms with Crippen LogP contribution >= 0.6 is 0 Å². The molecule has 0 spiro atoms. The summed E-state index contributed by atoms with van der Waals surface area (Å²) in [5, 5.41) is 3.49. The molecule has 1 heterocycles. The Bertz CT molecular complexity index is 291. The minimum atomic E-state index is -0.356. The molecule has 1 amide bonds. The summed E-state index contributed by atoms with van der Waals surface area (Å²) in [4.78, 5) is 16.5. The van der Waals surface area contributed by atoms with Crippen LogP contribution in [0.2, 0.25) is 0 Å². The monoisotopic (exact) mass is 196 g/mol. The van der Waals surface area contributed by atoms with Crippen LogP contribution < -0.4 is 5.48 Å². The van der Waals surface area contributed by atoms with Gasteiger partial charge in [0.15, 0.2) is 5.69 Å². The molecule has 0 aliphatic heterocycles. The van der Waals surface area contributed by atoms with Gasteiger partial charge in [-0.15, -0.1) is 0 Å². The fourth-order valence-corrected chi connectivity index (χ4v) is 1.53. The molecule has 0 unspecified atom stereocenters. The van der Waals surface area contributed by atoms with Crippen LogP contribution in [0.3, 0.4) is 0 Å². The lowest BCUT2D eigenvalue weighted by Crippen LogP contribution is -2.28. The Morgan fingerprint density at radius 3 is 3.00 bits per heavy atom. The number of carbonyl (C=O) groups excluding carboxylic acids is 1. The van der Waals surface area contributed by atoms with Crippen molar-refractivity contribution in [1.82, 2.24) is 10.6 Å². The first-order valence-corrected chi connectivity index (χ1v) is 4.72. The van der Waals surface area contributed by atoms with Crippen molar-refractivity contribution in [1.29, 1.82) is 0 Å². The standard InChI is InChI=1S/C9H12N2O3/c12-9(8-5-6-13-10-8)11-14-7-3-1-2-4-7/h5-7H,1-4H2,(H,11,12). The molecular formula is C9H12N2O3. The molecule has 0 atom stereocenters. The highest BCUT2D eigenvalue weighted by Crippen LogP contribution is 2.19. The summed E-state index contributed by atoms with van der Waals surface area (Å²) >= 11 is 0. The molecule has 0 bridgehead atoms. The lowest BCUT2D eigenvalue weighted by Gasteiger charge is -2.09. The molecule has 1 aliphatic rings. The molecule has 0 saturated heterocycles. The van der Waals surface area contributed by atoms with Gasteiger partial charge in [0.1, 0.15) is 6.26 Å². The summed E-state index contributed by atoms with van der Waals surface area (Å²) in [7, 11) is 0. The van der Waals surface area contributed by atoms with E-state index in [0.717, 1.165) is 12.8 Å². The summed E-state index contributed by atoms with van der Waals surface area (Å²) in [5.74, 6) is -0.356. The van der Waals surface area contributed by atoms with Crippen molar-refractivity contribution in [2.75, 3.05) is 0 Å². The molecule has 2 rings (SSSR count). The first-order chi connectivity index (χ1) is 6.86.